The molecule has 0 bridgehead atoms. The summed E-state index contributed by atoms with van der Waals surface area (Å²) in [6.45, 7) is 0. The number of hydrogen-bond donors (Lipinski definition) is 2. The fourth-order valence-electron chi connectivity index (χ4n) is 2.83. The number of nitrogens with one attached hydrogen (secondary N) is 2. The van der Waals surface area contributed by atoms with Crippen LogP contribution < -0.4 is 10.9 Å². The Hall–Kier alpha value is -3.08. The Morgan fingerprint density at radius 3 is 1.93 bits per heavy atom. The SMILES string of the molecule is O=C(C=Cc1ccc(Cl)cc1Cl)NNC(=O)C(c1ccccc1)c1ccccc1. The maximum Gasteiger partial charge on any atom is 0.262 e. The molecule has 3 aromatic rings. The molecule has 0 spiro atoms. The van der Waals surface area contributed by atoms with Gasteiger partial charge in [0.05, 0.1) is 5.92 Å². The highest BCUT2D eigenvalue weighted by Crippen LogP contribution is 2.24. The van der Waals surface area contributed by atoms with Gasteiger partial charge in [-0.15, -0.1) is 0 Å². The number of carbonyl (C=O) groups is 2. The van der Waals surface area contributed by atoms with Crippen molar-refractivity contribution in [2.75, 3.05) is 0 Å². The van der Waals surface area contributed by atoms with Crippen LogP contribution in [0.5, 0.6) is 0 Å². The van der Waals surface area contributed by atoms with Gasteiger partial charge in [-0.3, -0.25) is 20.4 Å². The molecular formula is C23H18Cl2N2O2. The van der Waals surface area contributed by atoms with Gasteiger partial charge in [0.1, 0.15) is 0 Å². The second-order valence-corrected chi connectivity index (χ2v) is 7.08. The monoisotopic (exact) mass is 424 g/mol. The quantitative estimate of drug-likeness (QED) is 0.447. The van der Waals surface area contributed by atoms with Crippen LogP contribution in [-0.2, 0) is 9.59 Å². The van der Waals surface area contributed by atoms with Gasteiger partial charge in [0, 0.05) is 16.1 Å². The summed E-state index contributed by atoms with van der Waals surface area (Å²) < 4.78 is 0. The summed E-state index contributed by atoms with van der Waals surface area (Å²) >= 11 is 11.9. The standard InChI is InChI=1S/C23H18Cl2N2O2/c24-19-13-11-16(20(25)15-19)12-14-21(28)26-27-23(29)22(17-7-3-1-4-8-17)18-9-5-2-6-10-18/h1-15,22H,(H,26,28)(H,27,29). The van der Waals surface area contributed by atoms with E-state index < -0.39 is 11.8 Å². The number of rotatable bonds is 5. The fraction of sp³-hybridized carbons (Fsp3) is 0.0435. The number of amides is 2. The van der Waals surface area contributed by atoms with Crippen LogP contribution in [0.1, 0.15) is 22.6 Å². The summed E-state index contributed by atoms with van der Waals surface area (Å²) in [5, 5.41) is 0.940. The largest absolute Gasteiger partial charge is 0.272 e. The highest BCUT2D eigenvalue weighted by Gasteiger charge is 2.22. The number of hydrogen-bond acceptors (Lipinski definition) is 2. The zero-order chi connectivity index (χ0) is 20.6. The molecule has 0 aliphatic carbocycles. The van der Waals surface area contributed by atoms with Gasteiger partial charge in [-0.25, -0.2) is 0 Å². The maximum absolute atomic E-state index is 12.8. The first kappa shape index (κ1) is 20.6. The molecule has 0 aromatic heterocycles. The normalized spacial score (nSPS) is 10.9. The van der Waals surface area contributed by atoms with Crippen molar-refractivity contribution in [1.29, 1.82) is 0 Å². The lowest BCUT2D eigenvalue weighted by atomic mass is 9.91. The molecule has 0 saturated carbocycles. The second kappa shape index (κ2) is 9.92. The predicted octanol–water partition coefficient (Wildman–Crippen LogP) is 4.99. The van der Waals surface area contributed by atoms with E-state index >= 15 is 0 Å². The van der Waals surface area contributed by atoms with Gasteiger partial charge in [-0.1, -0.05) is 89.9 Å². The van der Waals surface area contributed by atoms with Gasteiger partial charge in [0.25, 0.3) is 5.91 Å². The summed E-state index contributed by atoms with van der Waals surface area (Å²) in [6, 6.07) is 23.7. The zero-order valence-electron chi connectivity index (χ0n) is 15.3. The van der Waals surface area contributed by atoms with Crippen molar-refractivity contribution in [3.05, 3.63) is 112 Å². The molecule has 0 saturated heterocycles. The van der Waals surface area contributed by atoms with E-state index in [4.69, 9.17) is 23.2 Å². The molecule has 3 aromatic carbocycles. The summed E-state index contributed by atoms with van der Waals surface area (Å²) in [4.78, 5) is 24.9. The molecule has 0 aliphatic rings. The summed E-state index contributed by atoms with van der Waals surface area (Å²) in [5.74, 6) is -1.37. The Labute approximate surface area is 179 Å². The van der Waals surface area contributed by atoms with Crippen LogP contribution in [0.15, 0.2) is 84.9 Å². The fourth-order valence-corrected chi connectivity index (χ4v) is 3.30. The number of halogens is 2. The topological polar surface area (TPSA) is 58.2 Å². The van der Waals surface area contributed by atoms with Gasteiger partial charge in [0.15, 0.2) is 0 Å². The van der Waals surface area contributed by atoms with Crippen molar-refractivity contribution in [3.63, 3.8) is 0 Å². The molecule has 0 fully saturated rings. The molecule has 146 valence electrons. The molecule has 6 heteroatoms. The Balaban J connectivity index is 1.68. The van der Waals surface area contributed by atoms with E-state index in [0.29, 0.717) is 15.6 Å². The summed E-state index contributed by atoms with van der Waals surface area (Å²) in [6.07, 6.45) is 2.83. The third kappa shape index (κ3) is 5.70. The first-order valence-electron chi connectivity index (χ1n) is 8.87. The Morgan fingerprint density at radius 2 is 1.38 bits per heavy atom. The van der Waals surface area contributed by atoms with Gasteiger partial charge < -0.3 is 0 Å². The lowest BCUT2D eigenvalue weighted by molar-refractivity contribution is -0.127. The van der Waals surface area contributed by atoms with Crippen LogP contribution in [0.25, 0.3) is 6.08 Å². The smallest absolute Gasteiger partial charge is 0.262 e. The molecule has 0 atom stereocenters. The average molecular weight is 425 g/mol. The van der Waals surface area contributed by atoms with Crippen molar-refractivity contribution in [2.45, 2.75) is 5.92 Å². The Morgan fingerprint density at radius 1 is 0.793 bits per heavy atom. The number of carbonyl (C=O) groups excluding carboxylic acids is 2. The first-order valence-corrected chi connectivity index (χ1v) is 9.63. The van der Waals surface area contributed by atoms with E-state index in [1.165, 1.54) is 6.08 Å². The van der Waals surface area contributed by atoms with Crippen molar-refractivity contribution < 1.29 is 9.59 Å². The molecule has 3 rings (SSSR count). The summed E-state index contributed by atoms with van der Waals surface area (Å²) in [5.41, 5.74) is 7.20. The third-order valence-electron chi connectivity index (χ3n) is 4.21. The van der Waals surface area contributed by atoms with Crippen molar-refractivity contribution in [1.82, 2.24) is 10.9 Å². The van der Waals surface area contributed by atoms with Crippen molar-refractivity contribution in [3.8, 4) is 0 Å². The third-order valence-corrected chi connectivity index (χ3v) is 4.78. The minimum absolute atomic E-state index is 0.339. The van der Waals surface area contributed by atoms with Crippen LogP contribution in [0.4, 0.5) is 0 Å². The van der Waals surface area contributed by atoms with E-state index in [9.17, 15) is 9.59 Å². The predicted molar refractivity (Wildman–Crippen MR) is 117 cm³/mol. The Kier molecular flexibility index (Phi) is 7.06. The van der Waals surface area contributed by atoms with Gasteiger partial charge in [0.2, 0.25) is 5.91 Å². The molecule has 0 unspecified atom stereocenters. The lowest BCUT2D eigenvalue weighted by Gasteiger charge is -2.17. The van der Waals surface area contributed by atoms with Crippen LogP contribution in [-0.4, -0.2) is 11.8 Å². The average Bonchev–Trinajstić information content (AvgIpc) is 2.73. The first-order chi connectivity index (χ1) is 14.0. The molecular weight excluding hydrogens is 407 g/mol. The van der Waals surface area contributed by atoms with Crippen molar-refractivity contribution in [2.24, 2.45) is 0 Å². The van der Waals surface area contributed by atoms with Gasteiger partial charge in [-0.05, 0) is 34.9 Å². The number of benzene rings is 3. The molecule has 4 nitrogen and oxygen atoms in total. The zero-order valence-corrected chi connectivity index (χ0v) is 16.8. The second-order valence-electron chi connectivity index (χ2n) is 6.23. The van der Waals surface area contributed by atoms with Gasteiger partial charge in [-0.2, -0.15) is 0 Å². The molecule has 2 N–H and O–H groups in total. The molecule has 29 heavy (non-hydrogen) atoms. The lowest BCUT2D eigenvalue weighted by Crippen LogP contribution is -2.43. The van der Waals surface area contributed by atoms with E-state index in [-0.39, 0.29) is 5.91 Å². The summed E-state index contributed by atoms with van der Waals surface area (Å²) in [7, 11) is 0. The highest BCUT2D eigenvalue weighted by atomic mass is 35.5. The maximum atomic E-state index is 12.8. The highest BCUT2D eigenvalue weighted by molar-refractivity contribution is 6.35. The van der Waals surface area contributed by atoms with Crippen LogP contribution in [0.2, 0.25) is 10.0 Å². The number of hydrazine groups is 1. The minimum atomic E-state index is -0.549. The Bertz CT molecular complexity index is 982. The van der Waals surface area contributed by atoms with E-state index in [2.05, 4.69) is 10.9 Å². The molecule has 0 heterocycles. The van der Waals surface area contributed by atoms with E-state index in [0.717, 1.165) is 11.1 Å². The van der Waals surface area contributed by atoms with Gasteiger partial charge >= 0.3 is 0 Å². The minimum Gasteiger partial charge on any atom is -0.272 e. The van der Waals surface area contributed by atoms with Crippen molar-refractivity contribution >= 4 is 41.1 Å². The van der Waals surface area contributed by atoms with Crippen LogP contribution >= 0.6 is 23.2 Å². The van der Waals surface area contributed by atoms with E-state index in [1.54, 1.807) is 24.3 Å². The molecule has 0 aliphatic heterocycles. The molecule has 2 amide bonds. The molecule has 0 radical (unpaired) electrons. The van der Waals surface area contributed by atoms with E-state index in [1.807, 2.05) is 60.7 Å². The van der Waals surface area contributed by atoms with Crippen LogP contribution in [0.3, 0.4) is 0 Å². The van der Waals surface area contributed by atoms with Crippen LogP contribution in [0, 0.1) is 0 Å².